The molecule has 0 aromatic rings. The van der Waals surface area contributed by atoms with Crippen LogP contribution in [0.3, 0.4) is 0 Å². The summed E-state index contributed by atoms with van der Waals surface area (Å²) in [5.41, 5.74) is -0.362. The fraction of sp³-hybridized carbons (Fsp3) is 0.889. The largest absolute Gasteiger partial charge is 0.309 e. The van der Waals surface area contributed by atoms with Crippen molar-refractivity contribution in [3.63, 3.8) is 0 Å². The molecule has 0 saturated heterocycles. The van der Waals surface area contributed by atoms with Gasteiger partial charge in [-0.25, -0.2) is 0 Å². The third-order valence-electron chi connectivity index (χ3n) is 1.87. The van der Waals surface area contributed by atoms with Gasteiger partial charge < -0.3 is 4.90 Å². The summed E-state index contributed by atoms with van der Waals surface area (Å²) in [4.78, 5) is 2.09. The van der Waals surface area contributed by atoms with Crippen LogP contribution in [0, 0.1) is 11.3 Å². The van der Waals surface area contributed by atoms with Crippen molar-refractivity contribution in [3.05, 3.63) is 0 Å². The van der Waals surface area contributed by atoms with E-state index in [-0.39, 0.29) is 5.54 Å². The van der Waals surface area contributed by atoms with Gasteiger partial charge in [0.15, 0.2) is 0 Å². The van der Waals surface area contributed by atoms with Crippen molar-refractivity contribution in [2.75, 3.05) is 27.2 Å². The van der Waals surface area contributed by atoms with Crippen molar-refractivity contribution >= 4 is 0 Å². The minimum absolute atomic E-state index is 0.362. The highest BCUT2D eigenvalue weighted by Gasteiger charge is 2.21. The van der Waals surface area contributed by atoms with Crippen LogP contribution in [0.5, 0.6) is 0 Å². The Balaban J connectivity index is 3.90. The second-order valence-corrected chi connectivity index (χ2v) is 3.53. The summed E-state index contributed by atoms with van der Waals surface area (Å²) in [6, 6.07) is 2.30. The highest BCUT2D eigenvalue weighted by Crippen LogP contribution is 2.07. The second kappa shape index (κ2) is 5.13. The fourth-order valence-electron chi connectivity index (χ4n) is 1.02. The molecule has 0 heterocycles. The lowest BCUT2D eigenvalue weighted by molar-refractivity contribution is 0.332. The van der Waals surface area contributed by atoms with E-state index in [1.54, 1.807) is 0 Å². The molecule has 0 amide bonds. The van der Waals surface area contributed by atoms with Gasteiger partial charge in [-0.3, -0.25) is 5.32 Å². The Kier molecular flexibility index (Phi) is 4.87. The Morgan fingerprint density at radius 3 is 2.42 bits per heavy atom. The molecule has 0 aliphatic carbocycles. The molecule has 1 unspecified atom stereocenters. The zero-order chi connectivity index (χ0) is 9.61. The molecule has 0 aromatic heterocycles. The van der Waals surface area contributed by atoms with Crippen LogP contribution in [0.1, 0.15) is 20.3 Å². The van der Waals surface area contributed by atoms with Crippen molar-refractivity contribution in [3.8, 4) is 6.07 Å². The van der Waals surface area contributed by atoms with Gasteiger partial charge in [0.05, 0.1) is 6.07 Å². The van der Waals surface area contributed by atoms with E-state index in [1.807, 2.05) is 27.9 Å². The van der Waals surface area contributed by atoms with Crippen LogP contribution in [0.25, 0.3) is 0 Å². The maximum atomic E-state index is 8.90. The third kappa shape index (κ3) is 4.32. The first-order valence-electron chi connectivity index (χ1n) is 4.35. The maximum absolute atomic E-state index is 8.90. The molecule has 0 aliphatic rings. The van der Waals surface area contributed by atoms with E-state index in [1.165, 1.54) is 0 Å². The van der Waals surface area contributed by atoms with Crippen LogP contribution in [0.15, 0.2) is 0 Å². The van der Waals surface area contributed by atoms with Crippen LogP contribution in [-0.4, -0.2) is 37.6 Å². The van der Waals surface area contributed by atoms with E-state index >= 15 is 0 Å². The van der Waals surface area contributed by atoms with Gasteiger partial charge in [0.25, 0.3) is 0 Å². The summed E-state index contributed by atoms with van der Waals surface area (Å²) in [6.45, 7) is 5.75. The van der Waals surface area contributed by atoms with Crippen molar-refractivity contribution in [1.29, 1.82) is 5.26 Å². The molecular weight excluding hydrogens is 150 g/mol. The third-order valence-corrected chi connectivity index (χ3v) is 1.87. The highest BCUT2D eigenvalue weighted by molar-refractivity contribution is 5.03. The van der Waals surface area contributed by atoms with Crippen LogP contribution in [0.2, 0.25) is 0 Å². The number of nitriles is 1. The molecule has 0 saturated carbocycles. The van der Waals surface area contributed by atoms with Gasteiger partial charge in [-0.05, 0) is 34.0 Å². The Hall–Kier alpha value is -0.590. The average molecular weight is 169 g/mol. The molecule has 0 bridgehead atoms. The minimum Gasteiger partial charge on any atom is -0.309 e. The quantitative estimate of drug-likeness (QED) is 0.662. The predicted molar refractivity (Wildman–Crippen MR) is 50.9 cm³/mol. The number of hydrogen-bond donors (Lipinski definition) is 1. The molecule has 1 N–H and O–H groups in total. The molecule has 70 valence electrons. The average Bonchev–Trinajstić information content (AvgIpc) is 2.02. The van der Waals surface area contributed by atoms with Crippen molar-refractivity contribution in [1.82, 2.24) is 10.2 Å². The Morgan fingerprint density at radius 2 is 2.08 bits per heavy atom. The lowest BCUT2D eigenvalue weighted by atomic mass is 10.00. The number of hydrogen-bond acceptors (Lipinski definition) is 3. The lowest BCUT2D eigenvalue weighted by Crippen LogP contribution is -2.42. The van der Waals surface area contributed by atoms with E-state index in [0.717, 1.165) is 19.5 Å². The zero-order valence-corrected chi connectivity index (χ0v) is 8.52. The molecule has 3 nitrogen and oxygen atoms in total. The lowest BCUT2D eigenvalue weighted by Gasteiger charge is -2.24. The summed E-state index contributed by atoms with van der Waals surface area (Å²) >= 11 is 0. The van der Waals surface area contributed by atoms with Gasteiger partial charge in [-0.15, -0.1) is 0 Å². The molecule has 0 aromatic carbocycles. The van der Waals surface area contributed by atoms with Gasteiger partial charge in [0.1, 0.15) is 5.54 Å². The fourth-order valence-corrected chi connectivity index (χ4v) is 1.02. The monoisotopic (exact) mass is 169 g/mol. The van der Waals surface area contributed by atoms with Crippen LogP contribution >= 0.6 is 0 Å². The normalized spacial score (nSPS) is 15.7. The maximum Gasteiger partial charge on any atom is 0.105 e. The van der Waals surface area contributed by atoms with E-state index in [0.29, 0.717) is 0 Å². The zero-order valence-electron chi connectivity index (χ0n) is 8.52. The number of nitrogens with zero attached hydrogens (tertiary/aromatic N) is 2. The van der Waals surface area contributed by atoms with Gasteiger partial charge in [-0.2, -0.15) is 5.26 Å². The smallest absolute Gasteiger partial charge is 0.105 e. The molecular formula is C9H19N3. The Bertz CT molecular complexity index is 160. The molecule has 3 heteroatoms. The van der Waals surface area contributed by atoms with Gasteiger partial charge >= 0.3 is 0 Å². The van der Waals surface area contributed by atoms with Gasteiger partial charge in [0.2, 0.25) is 0 Å². The minimum atomic E-state index is -0.362. The molecule has 0 fully saturated rings. The SMILES string of the molecule is CCNC(C)(C#N)CCN(C)C. The van der Waals surface area contributed by atoms with Crippen LogP contribution < -0.4 is 5.32 Å². The van der Waals surface area contributed by atoms with E-state index < -0.39 is 0 Å². The summed E-state index contributed by atoms with van der Waals surface area (Å²) in [6.07, 6.45) is 0.865. The Morgan fingerprint density at radius 1 is 1.50 bits per heavy atom. The summed E-state index contributed by atoms with van der Waals surface area (Å²) < 4.78 is 0. The number of nitrogens with one attached hydrogen (secondary N) is 1. The van der Waals surface area contributed by atoms with Crippen molar-refractivity contribution < 1.29 is 0 Å². The predicted octanol–water partition coefficient (Wildman–Crippen LogP) is 0.830. The van der Waals surface area contributed by atoms with Crippen molar-refractivity contribution in [2.45, 2.75) is 25.8 Å². The summed E-state index contributed by atoms with van der Waals surface area (Å²) in [5.74, 6) is 0. The first-order chi connectivity index (χ1) is 5.54. The van der Waals surface area contributed by atoms with E-state index in [4.69, 9.17) is 5.26 Å². The van der Waals surface area contributed by atoms with Crippen molar-refractivity contribution in [2.24, 2.45) is 0 Å². The van der Waals surface area contributed by atoms with Gasteiger partial charge in [0, 0.05) is 6.54 Å². The second-order valence-electron chi connectivity index (χ2n) is 3.53. The molecule has 0 radical (unpaired) electrons. The first-order valence-corrected chi connectivity index (χ1v) is 4.35. The summed E-state index contributed by atoms with van der Waals surface area (Å²) in [5, 5.41) is 12.1. The Labute approximate surface area is 75.4 Å². The number of rotatable bonds is 5. The van der Waals surface area contributed by atoms with Crippen LogP contribution in [-0.2, 0) is 0 Å². The van der Waals surface area contributed by atoms with Gasteiger partial charge in [-0.1, -0.05) is 6.92 Å². The molecule has 0 spiro atoms. The van der Waals surface area contributed by atoms with E-state index in [2.05, 4.69) is 16.3 Å². The van der Waals surface area contributed by atoms with E-state index in [9.17, 15) is 0 Å². The standard InChI is InChI=1S/C9H19N3/c1-5-11-9(2,8-10)6-7-12(3)4/h11H,5-7H2,1-4H3. The topological polar surface area (TPSA) is 39.1 Å². The highest BCUT2D eigenvalue weighted by atomic mass is 15.1. The molecule has 0 aliphatic heterocycles. The first kappa shape index (κ1) is 11.4. The summed E-state index contributed by atoms with van der Waals surface area (Å²) in [7, 11) is 4.04. The molecule has 12 heavy (non-hydrogen) atoms. The molecule has 1 atom stereocenters. The van der Waals surface area contributed by atoms with Crippen LogP contribution in [0.4, 0.5) is 0 Å². The molecule has 0 rings (SSSR count).